The topological polar surface area (TPSA) is 73.1 Å². The third kappa shape index (κ3) is 4.13. The van der Waals surface area contributed by atoms with Crippen LogP contribution in [-0.2, 0) is 6.54 Å². The Kier molecular flexibility index (Phi) is 4.18. The van der Waals surface area contributed by atoms with Crippen molar-refractivity contribution < 1.29 is 4.74 Å². The van der Waals surface area contributed by atoms with Gasteiger partial charge in [-0.3, -0.25) is 0 Å². The second-order valence-electron chi connectivity index (χ2n) is 4.48. The van der Waals surface area contributed by atoms with Crippen LogP contribution >= 0.6 is 0 Å². The summed E-state index contributed by atoms with van der Waals surface area (Å²) in [5.41, 5.74) is 7.51. The van der Waals surface area contributed by atoms with Crippen molar-refractivity contribution in [1.29, 1.82) is 0 Å². The van der Waals surface area contributed by atoms with Crippen molar-refractivity contribution >= 4 is 11.6 Å². The molecule has 1 heterocycles. The fourth-order valence-electron chi connectivity index (χ4n) is 1.55. The third-order valence-corrected chi connectivity index (χ3v) is 2.42. The first-order valence-corrected chi connectivity index (χ1v) is 6.21. The minimum atomic E-state index is 0.0971. The molecule has 0 spiro atoms. The average Bonchev–Trinajstić information content (AvgIpc) is 2.38. The van der Waals surface area contributed by atoms with Crippen molar-refractivity contribution in [3.05, 3.63) is 42.1 Å². The van der Waals surface area contributed by atoms with E-state index in [0.29, 0.717) is 18.4 Å². The second-order valence-corrected chi connectivity index (χ2v) is 4.48. The highest BCUT2D eigenvalue weighted by molar-refractivity contribution is 5.40. The number of nitrogen functional groups attached to an aromatic ring is 1. The molecule has 0 aliphatic rings. The van der Waals surface area contributed by atoms with E-state index in [-0.39, 0.29) is 6.10 Å². The lowest BCUT2D eigenvalue weighted by Crippen LogP contribution is -2.09. The van der Waals surface area contributed by atoms with Gasteiger partial charge in [-0.1, -0.05) is 12.1 Å². The molecule has 0 radical (unpaired) electrons. The van der Waals surface area contributed by atoms with Gasteiger partial charge in [0.05, 0.1) is 6.10 Å². The number of hydrogen-bond donors (Lipinski definition) is 2. The zero-order valence-corrected chi connectivity index (χ0v) is 11.1. The molecule has 0 saturated carbocycles. The molecule has 0 bridgehead atoms. The molecule has 100 valence electrons. The summed E-state index contributed by atoms with van der Waals surface area (Å²) in [6.07, 6.45) is 1.77. The first-order valence-electron chi connectivity index (χ1n) is 6.21. The van der Waals surface area contributed by atoms with Gasteiger partial charge in [-0.25, -0.2) is 4.98 Å². The third-order valence-electron chi connectivity index (χ3n) is 2.42. The van der Waals surface area contributed by atoms with Crippen LogP contribution in [0.5, 0.6) is 5.88 Å². The van der Waals surface area contributed by atoms with Gasteiger partial charge in [0.2, 0.25) is 11.8 Å². The lowest BCUT2D eigenvalue weighted by Gasteiger charge is -2.10. The minimum Gasteiger partial charge on any atom is -0.475 e. The molecule has 5 nitrogen and oxygen atoms in total. The molecule has 0 aliphatic carbocycles. The minimum absolute atomic E-state index is 0.0971. The van der Waals surface area contributed by atoms with Gasteiger partial charge < -0.3 is 15.8 Å². The maximum atomic E-state index is 5.64. The number of aromatic nitrogens is 2. The molecular weight excluding hydrogens is 240 g/mol. The van der Waals surface area contributed by atoms with Gasteiger partial charge >= 0.3 is 0 Å². The average molecular weight is 258 g/mol. The van der Waals surface area contributed by atoms with Crippen LogP contribution in [0.25, 0.3) is 0 Å². The number of hydrogen-bond acceptors (Lipinski definition) is 5. The van der Waals surface area contributed by atoms with E-state index in [1.807, 2.05) is 38.1 Å². The highest BCUT2D eigenvalue weighted by Crippen LogP contribution is 2.12. The predicted octanol–water partition coefficient (Wildman–Crippen LogP) is 2.46. The quantitative estimate of drug-likeness (QED) is 0.806. The summed E-state index contributed by atoms with van der Waals surface area (Å²) in [7, 11) is 0. The summed E-state index contributed by atoms with van der Waals surface area (Å²) in [5, 5.41) is 3.15. The highest BCUT2D eigenvalue weighted by atomic mass is 16.5. The SMILES string of the molecule is CC(C)Oc1ccnc(NCc2ccc(N)cc2)n1. The molecular formula is C14H18N4O. The molecule has 1 aromatic carbocycles. The number of anilines is 2. The summed E-state index contributed by atoms with van der Waals surface area (Å²) in [5.74, 6) is 1.12. The molecule has 2 aromatic rings. The molecule has 1 aromatic heterocycles. The Bertz CT molecular complexity index is 525. The van der Waals surface area contributed by atoms with Gasteiger partial charge in [-0.2, -0.15) is 4.98 Å². The van der Waals surface area contributed by atoms with Crippen molar-refractivity contribution in [1.82, 2.24) is 9.97 Å². The Morgan fingerprint density at radius 2 is 1.95 bits per heavy atom. The lowest BCUT2D eigenvalue weighted by molar-refractivity contribution is 0.232. The fourth-order valence-corrected chi connectivity index (χ4v) is 1.55. The summed E-state index contributed by atoms with van der Waals surface area (Å²) >= 11 is 0. The van der Waals surface area contributed by atoms with Crippen LogP contribution < -0.4 is 15.8 Å². The molecule has 0 atom stereocenters. The zero-order valence-electron chi connectivity index (χ0n) is 11.1. The van der Waals surface area contributed by atoms with Crippen LogP contribution in [0.3, 0.4) is 0 Å². The summed E-state index contributed by atoms with van der Waals surface area (Å²) in [4.78, 5) is 8.43. The number of ether oxygens (including phenoxy) is 1. The Morgan fingerprint density at radius 1 is 1.21 bits per heavy atom. The van der Waals surface area contributed by atoms with Crippen LogP contribution in [0.4, 0.5) is 11.6 Å². The van der Waals surface area contributed by atoms with Crippen LogP contribution in [0.2, 0.25) is 0 Å². The maximum Gasteiger partial charge on any atom is 0.226 e. The van der Waals surface area contributed by atoms with E-state index in [2.05, 4.69) is 15.3 Å². The molecule has 0 amide bonds. The van der Waals surface area contributed by atoms with Crippen LogP contribution in [0, 0.1) is 0 Å². The van der Waals surface area contributed by atoms with Crippen LogP contribution in [0.1, 0.15) is 19.4 Å². The summed E-state index contributed by atoms with van der Waals surface area (Å²) < 4.78 is 5.51. The number of rotatable bonds is 5. The Labute approximate surface area is 112 Å². The van der Waals surface area contributed by atoms with Crippen molar-refractivity contribution in [2.24, 2.45) is 0 Å². The van der Waals surface area contributed by atoms with Gasteiger partial charge in [0.1, 0.15) is 0 Å². The first-order chi connectivity index (χ1) is 9.13. The molecule has 19 heavy (non-hydrogen) atoms. The standard InChI is InChI=1S/C14H18N4O/c1-10(2)19-13-7-8-16-14(18-13)17-9-11-3-5-12(15)6-4-11/h3-8,10H,9,15H2,1-2H3,(H,16,17,18). The summed E-state index contributed by atoms with van der Waals surface area (Å²) in [6.45, 7) is 4.57. The summed E-state index contributed by atoms with van der Waals surface area (Å²) in [6, 6.07) is 9.42. The Morgan fingerprint density at radius 3 is 2.63 bits per heavy atom. The largest absolute Gasteiger partial charge is 0.475 e. The van der Waals surface area contributed by atoms with E-state index in [0.717, 1.165) is 11.3 Å². The molecule has 0 aliphatic heterocycles. The predicted molar refractivity (Wildman–Crippen MR) is 76.0 cm³/mol. The highest BCUT2D eigenvalue weighted by Gasteiger charge is 2.02. The van der Waals surface area contributed by atoms with E-state index in [1.165, 1.54) is 0 Å². The van der Waals surface area contributed by atoms with Gasteiger partial charge in [-0.05, 0) is 31.5 Å². The van der Waals surface area contributed by atoms with E-state index >= 15 is 0 Å². The zero-order chi connectivity index (χ0) is 13.7. The molecule has 3 N–H and O–H groups in total. The molecule has 2 rings (SSSR count). The lowest BCUT2D eigenvalue weighted by atomic mass is 10.2. The Balaban J connectivity index is 1.97. The van der Waals surface area contributed by atoms with Crippen molar-refractivity contribution in [3.8, 4) is 5.88 Å². The normalized spacial score (nSPS) is 10.5. The molecule has 5 heteroatoms. The van der Waals surface area contributed by atoms with E-state index < -0.39 is 0 Å². The Hall–Kier alpha value is -2.30. The number of benzene rings is 1. The van der Waals surface area contributed by atoms with Crippen LogP contribution in [0.15, 0.2) is 36.5 Å². The monoisotopic (exact) mass is 258 g/mol. The van der Waals surface area contributed by atoms with Crippen molar-refractivity contribution in [2.45, 2.75) is 26.5 Å². The van der Waals surface area contributed by atoms with E-state index in [4.69, 9.17) is 10.5 Å². The smallest absolute Gasteiger partial charge is 0.226 e. The first kappa shape index (κ1) is 13.1. The second kappa shape index (κ2) is 6.04. The number of nitrogens with one attached hydrogen (secondary N) is 1. The number of nitrogens with two attached hydrogens (primary N) is 1. The fraction of sp³-hybridized carbons (Fsp3) is 0.286. The van der Waals surface area contributed by atoms with Gasteiger partial charge in [0.15, 0.2) is 0 Å². The van der Waals surface area contributed by atoms with Crippen molar-refractivity contribution in [3.63, 3.8) is 0 Å². The molecule has 0 unspecified atom stereocenters. The van der Waals surface area contributed by atoms with E-state index in [1.54, 1.807) is 12.3 Å². The van der Waals surface area contributed by atoms with Gasteiger partial charge in [0, 0.05) is 24.5 Å². The van der Waals surface area contributed by atoms with Gasteiger partial charge in [0.25, 0.3) is 0 Å². The molecule has 0 fully saturated rings. The van der Waals surface area contributed by atoms with Gasteiger partial charge in [-0.15, -0.1) is 0 Å². The number of nitrogens with zero attached hydrogens (tertiary/aromatic N) is 2. The van der Waals surface area contributed by atoms with E-state index in [9.17, 15) is 0 Å². The van der Waals surface area contributed by atoms with Crippen LogP contribution in [-0.4, -0.2) is 16.1 Å². The maximum absolute atomic E-state index is 5.64. The molecule has 0 saturated heterocycles. The van der Waals surface area contributed by atoms with Crippen molar-refractivity contribution in [2.75, 3.05) is 11.1 Å².